The molecule has 25 heavy (non-hydrogen) atoms. The molecule has 2 aromatic heterocycles. The average Bonchev–Trinajstić information content (AvgIpc) is 2.90. The number of hydrogen-bond donors (Lipinski definition) is 0. The van der Waals surface area contributed by atoms with Crippen molar-refractivity contribution in [3.8, 4) is 0 Å². The van der Waals surface area contributed by atoms with Gasteiger partial charge < -0.3 is 9.47 Å². The van der Waals surface area contributed by atoms with Crippen LogP contribution in [0.5, 0.6) is 0 Å². The fraction of sp³-hybridized carbons (Fsp3) is 0.286. The summed E-state index contributed by atoms with van der Waals surface area (Å²) in [4.78, 5) is 6.79. The quantitative estimate of drug-likeness (QED) is 0.647. The summed E-state index contributed by atoms with van der Waals surface area (Å²) in [7, 11) is 2.18. The van der Waals surface area contributed by atoms with Crippen molar-refractivity contribution in [1.82, 2.24) is 14.5 Å². The van der Waals surface area contributed by atoms with Crippen LogP contribution in [0.2, 0.25) is 5.02 Å². The second-order valence-electron chi connectivity index (χ2n) is 6.92. The zero-order chi connectivity index (χ0) is 17.6. The summed E-state index contributed by atoms with van der Waals surface area (Å²) in [6.45, 7) is 6.18. The Labute approximate surface area is 153 Å². The van der Waals surface area contributed by atoms with Crippen LogP contribution >= 0.6 is 11.6 Å². The first-order chi connectivity index (χ1) is 12.0. The van der Waals surface area contributed by atoms with Gasteiger partial charge in [0.05, 0.1) is 10.5 Å². The van der Waals surface area contributed by atoms with E-state index in [1.807, 2.05) is 25.3 Å². The number of nitrogens with zero attached hydrogens (tertiary/aromatic N) is 3. The van der Waals surface area contributed by atoms with Gasteiger partial charge in [-0.15, -0.1) is 0 Å². The average molecular weight is 352 g/mol. The highest BCUT2D eigenvalue weighted by molar-refractivity contribution is 6.35. The number of aromatic nitrogens is 2. The van der Waals surface area contributed by atoms with Crippen LogP contribution in [0.1, 0.15) is 29.4 Å². The van der Waals surface area contributed by atoms with Crippen molar-refractivity contribution in [2.75, 3.05) is 13.6 Å². The first-order valence-electron chi connectivity index (χ1n) is 8.65. The third-order valence-electron chi connectivity index (χ3n) is 5.04. The molecular weight excluding hydrogens is 330 g/mol. The van der Waals surface area contributed by atoms with Gasteiger partial charge in [0.2, 0.25) is 0 Å². The third kappa shape index (κ3) is 2.88. The molecule has 4 heteroatoms. The minimum Gasteiger partial charge on any atom is -0.318 e. The fourth-order valence-corrected chi connectivity index (χ4v) is 3.91. The summed E-state index contributed by atoms with van der Waals surface area (Å²) in [6.07, 6.45) is 5.19. The molecule has 128 valence electrons. The van der Waals surface area contributed by atoms with Gasteiger partial charge in [0.25, 0.3) is 0 Å². The lowest BCUT2D eigenvalue weighted by atomic mass is 10.1. The number of halogens is 1. The Morgan fingerprint density at radius 1 is 1.24 bits per heavy atom. The van der Waals surface area contributed by atoms with Crippen molar-refractivity contribution >= 4 is 34.3 Å². The Bertz CT molecular complexity index is 967. The van der Waals surface area contributed by atoms with Gasteiger partial charge in [0, 0.05) is 48.7 Å². The smallest absolute Gasteiger partial charge is 0.0716 e. The number of likely N-dealkylation sites (N-methyl/N-ethyl adjacent to an activating group) is 1. The van der Waals surface area contributed by atoms with E-state index < -0.39 is 0 Å². The van der Waals surface area contributed by atoms with Gasteiger partial charge in [0.15, 0.2) is 0 Å². The van der Waals surface area contributed by atoms with Crippen molar-refractivity contribution in [3.63, 3.8) is 0 Å². The fourth-order valence-electron chi connectivity index (χ4n) is 3.64. The Morgan fingerprint density at radius 3 is 2.84 bits per heavy atom. The zero-order valence-electron chi connectivity index (χ0n) is 14.9. The predicted octanol–water partition coefficient (Wildman–Crippen LogP) is 5.00. The van der Waals surface area contributed by atoms with Gasteiger partial charge >= 0.3 is 0 Å². The SMILES string of the molecule is C/C(=C\n1c2c(c3cccc(Cl)c31)CN(C)CC2)c1ccc(C)nc1. The molecule has 4 rings (SSSR count). The minimum absolute atomic E-state index is 0.806. The van der Waals surface area contributed by atoms with Crippen LogP contribution in [0.25, 0.3) is 22.7 Å². The number of benzene rings is 1. The second kappa shape index (κ2) is 6.32. The van der Waals surface area contributed by atoms with Crippen molar-refractivity contribution in [2.24, 2.45) is 0 Å². The number of hydrogen-bond acceptors (Lipinski definition) is 2. The molecule has 0 atom stereocenters. The molecule has 0 bridgehead atoms. The molecule has 3 aromatic rings. The lowest BCUT2D eigenvalue weighted by Gasteiger charge is -2.23. The first-order valence-corrected chi connectivity index (χ1v) is 9.02. The van der Waals surface area contributed by atoms with E-state index in [0.717, 1.165) is 41.3 Å². The maximum absolute atomic E-state index is 6.59. The van der Waals surface area contributed by atoms with E-state index in [1.165, 1.54) is 22.2 Å². The molecule has 0 amide bonds. The number of allylic oxidation sites excluding steroid dienone is 1. The number of fused-ring (bicyclic) bond motifs is 3. The number of rotatable bonds is 2. The van der Waals surface area contributed by atoms with Crippen LogP contribution in [-0.2, 0) is 13.0 Å². The van der Waals surface area contributed by atoms with Gasteiger partial charge in [-0.25, -0.2) is 0 Å². The molecule has 0 saturated carbocycles. The molecule has 0 radical (unpaired) electrons. The number of para-hydroxylation sites is 1. The summed E-state index contributed by atoms with van der Waals surface area (Å²) >= 11 is 6.59. The molecule has 3 nitrogen and oxygen atoms in total. The van der Waals surface area contributed by atoms with E-state index in [0.29, 0.717) is 0 Å². The van der Waals surface area contributed by atoms with E-state index in [-0.39, 0.29) is 0 Å². The summed E-state index contributed by atoms with van der Waals surface area (Å²) in [5.41, 5.74) is 7.25. The summed E-state index contributed by atoms with van der Waals surface area (Å²) in [5, 5.41) is 2.07. The lowest BCUT2D eigenvalue weighted by Crippen LogP contribution is -2.26. The highest BCUT2D eigenvalue weighted by atomic mass is 35.5. The van der Waals surface area contributed by atoms with Crippen LogP contribution in [0, 0.1) is 6.92 Å². The monoisotopic (exact) mass is 351 g/mol. The van der Waals surface area contributed by atoms with Gasteiger partial charge in [-0.1, -0.05) is 29.8 Å². The van der Waals surface area contributed by atoms with E-state index >= 15 is 0 Å². The van der Waals surface area contributed by atoms with E-state index in [1.54, 1.807) is 0 Å². The summed E-state index contributed by atoms with van der Waals surface area (Å²) in [5.74, 6) is 0. The maximum atomic E-state index is 6.59. The number of aryl methyl sites for hydroxylation is 1. The van der Waals surface area contributed by atoms with Crippen molar-refractivity contribution in [3.05, 3.63) is 64.1 Å². The van der Waals surface area contributed by atoms with Crippen LogP contribution in [0.4, 0.5) is 0 Å². The Hall–Kier alpha value is -2.10. The van der Waals surface area contributed by atoms with Gasteiger partial charge in [-0.3, -0.25) is 4.98 Å². The Kier molecular flexibility index (Phi) is 4.14. The van der Waals surface area contributed by atoms with E-state index in [2.05, 4.69) is 52.8 Å². The van der Waals surface area contributed by atoms with E-state index in [9.17, 15) is 0 Å². The van der Waals surface area contributed by atoms with Gasteiger partial charge in [-0.05, 0) is 49.7 Å². The zero-order valence-corrected chi connectivity index (χ0v) is 15.6. The van der Waals surface area contributed by atoms with Crippen LogP contribution < -0.4 is 0 Å². The molecule has 1 aromatic carbocycles. The van der Waals surface area contributed by atoms with Crippen molar-refractivity contribution < 1.29 is 0 Å². The summed E-state index contributed by atoms with van der Waals surface area (Å²) in [6, 6.07) is 10.4. The highest BCUT2D eigenvalue weighted by Crippen LogP contribution is 2.35. The first kappa shape index (κ1) is 16.4. The molecule has 0 saturated heterocycles. The molecule has 1 aliphatic heterocycles. The van der Waals surface area contributed by atoms with Crippen molar-refractivity contribution in [2.45, 2.75) is 26.8 Å². The van der Waals surface area contributed by atoms with Crippen LogP contribution in [-0.4, -0.2) is 28.0 Å². The van der Waals surface area contributed by atoms with Gasteiger partial charge in [0.1, 0.15) is 0 Å². The Morgan fingerprint density at radius 2 is 2.08 bits per heavy atom. The van der Waals surface area contributed by atoms with E-state index in [4.69, 9.17) is 11.6 Å². The van der Waals surface area contributed by atoms with Crippen LogP contribution in [0.3, 0.4) is 0 Å². The second-order valence-corrected chi connectivity index (χ2v) is 7.33. The van der Waals surface area contributed by atoms with Crippen LogP contribution in [0.15, 0.2) is 36.5 Å². The maximum Gasteiger partial charge on any atom is 0.0716 e. The topological polar surface area (TPSA) is 21.1 Å². The largest absolute Gasteiger partial charge is 0.318 e. The molecule has 0 unspecified atom stereocenters. The van der Waals surface area contributed by atoms with Crippen molar-refractivity contribution in [1.29, 1.82) is 0 Å². The molecule has 0 spiro atoms. The minimum atomic E-state index is 0.806. The number of pyridine rings is 1. The lowest BCUT2D eigenvalue weighted by molar-refractivity contribution is 0.312. The highest BCUT2D eigenvalue weighted by Gasteiger charge is 2.22. The molecule has 3 heterocycles. The van der Waals surface area contributed by atoms with Gasteiger partial charge in [-0.2, -0.15) is 0 Å². The molecule has 1 aliphatic rings. The normalized spacial score (nSPS) is 15.6. The molecular formula is C21H22ClN3. The predicted molar refractivity (Wildman–Crippen MR) is 106 cm³/mol. The Balaban J connectivity index is 1.92. The standard InChI is InChI=1S/C21H22ClN3/c1-14(16-8-7-15(2)23-11-16)12-25-20-9-10-24(3)13-18(20)17-5-4-6-19(22)21(17)25/h4-8,11-12H,9-10,13H2,1-3H3/b14-12+. The molecule has 0 aliphatic carbocycles. The summed E-state index contributed by atoms with van der Waals surface area (Å²) < 4.78 is 2.30. The molecule has 0 N–H and O–H groups in total. The third-order valence-corrected chi connectivity index (χ3v) is 5.34. The molecule has 0 fully saturated rings.